The molecule has 0 saturated carbocycles. The number of fused-ring (bicyclic) bond motifs is 1. The van der Waals surface area contributed by atoms with Gasteiger partial charge in [0.25, 0.3) is 0 Å². The fourth-order valence-corrected chi connectivity index (χ4v) is 2.15. The topological polar surface area (TPSA) is 42.3 Å². The number of halogens is 1. The summed E-state index contributed by atoms with van der Waals surface area (Å²) < 4.78 is 17.8. The van der Waals surface area contributed by atoms with E-state index in [0.29, 0.717) is 0 Å². The maximum atomic E-state index is 7.17. The van der Waals surface area contributed by atoms with Crippen LogP contribution in [0.2, 0.25) is 0 Å². The molecule has 0 atom stereocenters. The van der Waals surface area contributed by atoms with Gasteiger partial charge in [-0.2, -0.15) is 0 Å². The number of rotatable bonds is 3. The second-order valence-electron chi connectivity index (χ2n) is 2.97. The summed E-state index contributed by atoms with van der Waals surface area (Å²) in [6, 6.07) is 11.6. The Kier molecular flexibility index (Phi) is 3.15. The molecule has 0 heterocycles. The summed E-state index contributed by atoms with van der Waals surface area (Å²) >= 11 is -0.951. The molecular weight excluding hydrogens is 305 g/mol. The van der Waals surface area contributed by atoms with Gasteiger partial charge in [0.2, 0.25) is 21.4 Å². The highest BCUT2D eigenvalue weighted by molar-refractivity contribution is 14.1. The molecule has 0 aliphatic carbocycles. The Morgan fingerprint density at radius 3 is 2.20 bits per heavy atom. The van der Waals surface area contributed by atoms with Gasteiger partial charge in [0.15, 0.2) is 0 Å². The molecule has 0 saturated heterocycles. The van der Waals surface area contributed by atoms with E-state index in [0.717, 1.165) is 22.3 Å². The van der Waals surface area contributed by atoms with Crippen molar-refractivity contribution >= 4 is 32.2 Å². The van der Waals surface area contributed by atoms with E-state index in [1.54, 1.807) is 7.11 Å². The third-order valence-electron chi connectivity index (χ3n) is 2.19. The molecule has 0 spiro atoms. The molecule has 4 heteroatoms. The lowest BCUT2D eigenvalue weighted by atomic mass is 10.1. The first-order valence-corrected chi connectivity index (χ1v) is 6.36. The van der Waals surface area contributed by atoms with E-state index < -0.39 is 21.4 Å². The molecule has 2 rings (SSSR count). The van der Waals surface area contributed by atoms with E-state index in [9.17, 15) is 0 Å². The quantitative estimate of drug-likeness (QED) is 0.874. The number of nitrogens with one attached hydrogen (secondary N) is 1. The largest absolute Gasteiger partial charge is 0.496 e. The predicted octanol–water partition coefficient (Wildman–Crippen LogP) is 3.88. The van der Waals surface area contributed by atoms with Gasteiger partial charge in [-0.3, -0.25) is 0 Å². The Bertz CT molecular complexity index is 499. The second-order valence-corrected chi connectivity index (χ2v) is 3.85. The number of methoxy groups -OCH3 is 1. The summed E-state index contributed by atoms with van der Waals surface area (Å²) in [6.07, 6.45) is 0. The molecule has 0 amide bonds. The summed E-state index contributed by atoms with van der Waals surface area (Å²) in [5.74, 6) is 1.61. The number of ether oxygens (including phenoxy) is 1. The van der Waals surface area contributed by atoms with Gasteiger partial charge in [0, 0.05) is 10.8 Å². The minimum absolute atomic E-state index is 0.772. The predicted molar refractivity (Wildman–Crippen MR) is 67.9 cm³/mol. The molecular formula is C11H10INO2. The average Bonchev–Trinajstić information content (AvgIpc) is 2.30. The van der Waals surface area contributed by atoms with Crippen molar-refractivity contribution in [2.24, 2.45) is 0 Å². The molecule has 15 heavy (non-hydrogen) atoms. The zero-order valence-electron chi connectivity index (χ0n) is 8.16. The van der Waals surface area contributed by atoms with Crippen molar-refractivity contribution in [1.82, 2.24) is 0 Å². The second kappa shape index (κ2) is 4.57. The Labute approximate surface area is 98.5 Å². The molecule has 3 nitrogen and oxygen atoms in total. The van der Waals surface area contributed by atoms with Crippen LogP contribution < -0.4 is 7.80 Å². The van der Waals surface area contributed by atoms with Crippen LogP contribution in [0.3, 0.4) is 0 Å². The van der Waals surface area contributed by atoms with Crippen molar-refractivity contribution in [2.45, 2.75) is 0 Å². The maximum absolute atomic E-state index is 7.17. The van der Waals surface area contributed by atoms with Gasteiger partial charge in [-0.25, -0.2) is 3.56 Å². The molecule has 0 unspecified atom stereocenters. The van der Waals surface area contributed by atoms with E-state index >= 15 is 0 Å². The summed E-state index contributed by atoms with van der Waals surface area (Å²) in [7, 11) is 1.65. The maximum Gasteiger partial charge on any atom is 0.229 e. The van der Waals surface area contributed by atoms with Crippen molar-refractivity contribution in [3.05, 3.63) is 36.4 Å². The van der Waals surface area contributed by atoms with E-state index in [2.05, 4.69) is 0 Å². The molecule has 0 radical (unpaired) electrons. The number of hydrogen-bond acceptors (Lipinski definition) is 3. The molecule has 0 aliphatic rings. The monoisotopic (exact) mass is 315 g/mol. The van der Waals surface area contributed by atoms with Gasteiger partial charge in [-0.1, -0.05) is 24.3 Å². The van der Waals surface area contributed by atoms with Gasteiger partial charge in [-0.05, 0) is 12.1 Å². The summed E-state index contributed by atoms with van der Waals surface area (Å²) in [5.41, 5.74) is 0. The van der Waals surface area contributed by atoms with Crippen LogP contribution in [-0.2, 0) is 0 Å². The van der Waals surface area contributed by atoms with Crippen LogP contribution in [0.15, 0.2) is 36.4 Å². The molecule has 0 aromatic heterocycles. The molecule has 0 aliphatic heterocycles. The van der Waals surface area contributed by atoms with Crippen LogP contribution in [0.5, 0.6) is 11.5 Å². The fourth-order valence-electron chi connectivity index (χ4n) is 1.53. The van der Waals surface area contributed by atoms with Crippen molar-refractivity contribution in [3.8, 4) is 11.5 Å². The van der Waals surface area contributed by atoms with Crippen LogP contribution in [0.4, 0.5) is 0 Å². The number of hydrogen-bond donors (Lipinski definition) is 1. The highest BCUT2D eigenvalue weighted by Crippen LogP contribution is 2.34. The molecule has 0 fully saturated rings. The van der Waals surface area contributed by atoms with Gasteiger partial charge >= 0.3 is 0 Å². The summed E-state index contributed by atoms with van der Waals surface area (Å²) in [4.78, 5) is 0. The van der Waals surface area contributed by atoms with Gasteiger partial charge in [0.05, 0.1) is 7.11 Å². The molecule has 2 aromatic rings. The summed E-state index contributed by atoms with van der Waals surface area (Å²) in [6.45, 7) is 0. The van der Waals surface area contributed by atoms with Crippen LogP contribution in [0.1, 0.15) is 0 Å². The zero-order chi connectivity index (χ0) is 10.7. The highest BCUT2D eigenvalue weighted by Gasteiger charge is 2.05. The van der Waals surface area contributed by atoms with Crippen molar-refractivity contribution in [3.63, 3.8) is 0 Å². The Morgan fingerprint density at radius 2 is 1.60 bits per heavy atom. The average molecular weight is 315 g/mol. The molecule has 1 N–H and O–H groups in total. The van der Waals surface area contributed by atoms with Crippen LogP contribution >= 0.6 is 21.4 Å². The van der Waals surface area contributed by atoms with Gasteiger partial charge in [-0.15, -0.1) is 0 Å². The lowest BCUT2D eigenvalue weighted by Crippen LogP contribution is -1.86. The standard InChI is InChI=1S/C11H10INO2/c1-14-10-6-7-11(15-12-13)9-5-3-2-4-8(9)10/h2-7,13H,1H3. The first-order chi connectivity index (χ1) is 7.36. The van der Waals surface area contributed by atoms with Crippen molar-refractivity contribution in [1.29, 1.82) is 3.56 Å². The van der Waals surface area contributed by atoms with E-state index in [1.165, 1.54) is 0 Å². The van der Waals surface area contributed by atoms with Crippen LogP contribution in [0.25, 0.3) is 10.8 Å². The minimum atomic E-state index is -0.951. The first-order valence-electron chi connectivity index (χ1n) is 4.40. The fraction of sp³-hybridized carbons (Fsp3) is 0.0909. The van der Waals surface area contributed by atoms with Crippen LogP contribution in [-0.4, -0.2) is 7.11 Å². The van der Waals surface area contributed by atoms with Crippen LogP contribution in [0, 0.1) is 3.56 Å². The van der Waals surface area contributed by atoms with E-state index in [-0.39, 0.29) is 0 Å². The third kappa shape index (κ3) is 1.94. The lowest BCUT2D eigenvalue weighted by Gasteiger charge is -2.08. The van der Waals surface area contributed by atoms with Gasteiger partial charge in [0.1, 0.15) is 11.5 Å². The zero-order valence-corrected chi connectivity index (χ0v) is 10.3. The SMILES string of the molecule is COc1ccc(OI=N)c2ccccc12. The van der Waals surface area contributed by atoms with Crippen molar-refractivity contribution in [2.75, 3.05) is 7.11 Å². The lowest BCUT2D eigenvalue weighted by molar-refractivity contribution is 0.419. The molecule has 2 aromatic carbocycles. The smallest absolute Gasteiger partial charge is 0.229 e. The third-order valence-corrected chi connectivity index (χ3v) is 2.88. The molecule has 0 bridgehead atoms. The Morgan fingerprint density at radius 1 is 1.00 bits per heavy atom. The highest BCUT2D eigenvalue weighted by atomic mass is 127. The van der Waals surface area contributed by atoms with Gasteiger partial charge < -0.3 is 7.80 Å². The first kappa shape index (κ1) is 10.4. The normalized spacial score (nSPS) is 10.2. The molecule has 78 valence electrons. The Hall–Kier alpha value is -1.17. The minimum Gasteiger partial charge on any atom is -0.496 e. The van der Waals surface area contributed by atoms with Crippen molar-refractivity contribution < 1.29 is 7.80 Å². The Balaban J connectivity index is 2.71. The number of benzene rings is 2. The summed E-state index contributed by atoms with van der Waals surface area (Å²) in [5, 5.41) is 2.03. The van der Waals surface area contributed by atoms with E-state index in [4.69, 9.17) is 11.4 Å². The van der Waals surface area contributed by atoms with E-state index in [1.807, 2.05) is 36.4 Å².